The van der Waals surface area contributed by atoms with Crippen molar-refractivity contribution in [2.45, 2.75) is 52.2 Å². The van der Waals surface area contributed by atoms with E-state index in [2.05, 4.69) is 6.58 Å². The summed E-state index contributed by atoms with van der Waals surface area (Å²) in [6.07, 6.45) is 2.73. The molecule has 0 aromatic rings. The molecular weight excluding hydrogens is 284 g/mol. The third kappa shape index (κ3) is 3.46. The van der Waals surface area contributed by atoms with Gasteiger partial charge in [-0.05, 0) is 31.8 Å². The SMILES string of the molecule is C=C1C(=O)O[C@@H]2C[C@H](C)C(CCC(C)=O)=C[C@@H](OC(C)=O)[C@H]12. The molecule has 1 aliphatic carbocycles. The molecule has 0 unspecified atom stereocenters. The maximum Gasteiger partial charge on any atom is 0.334 e. The van der Waals surface area contributed by atoms with Crippen LogP contribution in [0.1, 0.15) is 40.0 Å². The highest BCUT2D eigenvalue weighted by molar-refractivity contribution is 5.91. The Bertz CT molecular complexity index is 545. The van der Waals surface area contributed by atoms with Gasteiger partial charge in [0.2, 0.25) is 0 Å². The molecule has 0 aromatic carbocycles. The van der Waals surface area contributed by atoms with Crippen LogP contribution in [0.4, 0.5) is 0 Å². The van der Waals surface area contributed by atoms with Gasteiger partial charge >= 0.3 is 11.9 Å². The molecule has 1 aliphatic heterocycles. The molecule has 5 nitrogen and oxygen atoms in total. The van der Waals surface area contributed by atoms with E-state index in [0.717, 1.165) is 5.57 Å². The number of hydrogen-bond acceptors (Lipinski definition) is 5. The molecule has 0 spiro atoms. The predicted octanol–water partition coefficient (Wildman–Crippen LogP) is 2.35. The van der Waals surface area contributed by atoms with Gasteiger partial charge in [-0.1, -0.05) is 19.1 Å². The number of Topliss-reactive ketones (excluding diaryl/α,β-unsaturated/α-hetero) is 1. The summed E-state index contributed by atoms with van der Waals surface area (Å²) in [5.74, 6) is -0.884. The van der Waals surface area contributed by atoms with Crippen molar-refractivity contribution < 1.29 is 23.9 Å². The number of rotatable bonds is 4. The van der Waals surface area contributed by atoms with Gasteiger partial charge in [-0.25, -0.2) is 4.79 Å². The third-order valence-corrected chi connectivity index (χ3v) is 4.34. The zero-order valence-electron chi connectivity index (χ0n) is 13.3. The molecule has 22 heavy (non-hydrogen) atoms. The smallest absolute Gasteiger partial charge is 0.334 e. The summed E-state index contributed by atoms with van der Waals surface area (Å²) >= 11 is 0. The molecule has 0 amide bonds. The molecule has 2 rings (SSSR count). The number of carbonyl (C=O) groups excluding carboxylic acids is 3. The van der Waals surface area contributed by atoms with E-state index in [1.807, 2.05) is 13.0 Å². The van der Waals surface area contributed by atoms with Crippen LogP contribution in [0.2, 0.25) is 0 Å². The molecule has 2 aliphatic rings. The molecule has 0 radical (unpaired) electrons. The first kappa shape index (κ1) is 16.5. The van der Waals surface area contributed by atoms with Crippen molar-refractivity contribution >= 4 is 17.7 Å². The topological polar surface area (TPSA) is 69.7 Å². The molecule has 1 heterocycles. The predicted molar refractivity (Wildman–Crippen MR) is 79.8 cm³/mol. The molecule has 1 fully saturated rings. The Hall–Kier alpha value is -1.91. The Morgan fingerprint density at radius 3 is 2.68 bits per heavy atom. The van der Waals surface area contributed by atoms with Gasteiger partial charge in [0.25, 0.3) is 0 Å². The van der Waals surface area contributed by atoms with Gasteiger partial charge in [-0.15, -0.1) is 0 Å². The van der Waals surface area contributed by atoms with E-state index in [9.17, 15) is 14.4 Å². The van der Waals surface area contributed by atoms with Gasteiger partial charge in [-0.3, -0.25) is 4.79 Å². The lowest BCUT2D eigenvalue weighted by atomic mass is 9.89. The Labute approximate surface area is 130 Å². The summed E-state index contributed by atoms with van der Waals surface area (Å²) in [7, 11) is 0. The van der Waals surface area contributed by atoms with Crippen LogP contribution < -0.4 is 0 Å². The lowest BCUT2D eigenvalue weighted by Crippen LogP contribution is -2.30. The van der Waals surface area contributed by atoms with E-state index >= 15 is 0 Å². The second-order valence-electron chi connectivity index (χ2n) is 6.15. The van der Waals surface area contributed by atoms with Crippen LogP contribution in [-0.4, -0.2) is 29.9 Å². The van der Waals surface area contributed by atoms with Crippen LogP contribution in [0.15, 0.2) is 23.8 Å². The average molecular weight is 306 g/mol. The lowest BCUT2D eigenvalue weighted by molar-refractivity contribution is -0.147. The highest BCUT2D eigenvalue weighted by atomic mass is 16.6. The second-order valence-corrected chi connectivity index (χ2v) is 6.15. The highest BCUT2D eigenvalue weighted by Crippen LogP contribution is 2.40. The van der Waals surface area contributed by atoms with Gasteiger partial charge < -0.3 is 14.3 Å². The number of hydrogen-bond donors (Lipinski definition) is 0. The van der Waals surface area contributed by atoms with Crippen LogP contribution in [0.25, 0.3) is 0 Å². The first-order valence-corrected chi connectivity index (χ1v) is 7.56. The minimum Gasteiger partial charge on any atom is -0.458 e. The van der Waals surface area contributed by atoms with Crippen LogP contribution in [0, 0.1) is 11.8 Å². The first-order valence-electron chi connectivity index (χ1n) is 7.56. The summed E-state index contributed by atoms with van der Waals surface area (Å²) in [5, 5.41) is 0. The lowest BCUT2D eigenvalue weighted by Gasteiger charge is -2.22. The number of allylic oxidation sites excluding steroid dienone is 1. The Balaban J connectivity index is 2.30. The van der Waals surface area contributed by atoms with Gasteiger partial charge in [0, 0.05) is 18.9 Å². The summed E-state index contributed by atoms with van der Waals surface area (Å²) in [6, 6.07) is 0. The van der Waals surface area contributed by atoms with Crippen molar-refractivity contribution in [2.24, 2.45) is 11.8 Å². The molecule has 0 aromatic heterocycles. The fourth-order valence-corrected chi connectivity index (χ4v) is 3.18. The number of esters is 2. The number of ether oxygens (including phenoxy) is 2. The number of carbonyl (C=O) groups is 3. The van der Waals surface area contributed by atoms with E-state index in [-0.39, 0.29) is 23.7 Å². The minimum atomic E-state index is -0.562. The first-order chi connectivity index (χ1) is 10.3. The monoisotopic (exact) mass is 306 g/mol. The fraction of sp³-hybridized carbons (Fsp3) is 0.588. The normalized spacial score (nSPS) is 31.0. The van der Waals surface area contributed by atoms with Gasteiger partial charge in [-0.2, -0.15) is 0 Å². The van der Waals surface area contributed by atoms with Crippen LogP contribution >= 0.6 is 0 Å². The zero-order chi connectivity index (χ0) is 16.4. The van der Waals surface area contributed by atoms with Crippen molar-refractivity contribution in [1.29, 1.82) is 0 Å². The number of ketones is 1. The molecule has 5 heteroatoms. The number of fused-ring (bicyclic) bond motifs is 1. The molecule has 0 saturated carbocycles. The van der Waals surface area contributed by atoms with Crippen LogP contribution in [0.5, 0.6) is 0 Å². The Morgan fingerprint density at radius 2 is 2.09 bits per heavy atom. The van der Waals surface area contributed by atoms with E-state index in [0.29, 0.717) is 24.8 Å². The summed E-state index contributed by atoms with van der Waals surface area (Å²) in [5.41, 5.74) is 1.42. The Kier molecular flexibility index (Phi) is 4.84. The standard InChI is InChI=1S/C17H22O5/c1-9-7-14-16(11(3)17(20)22-14)15(21-12(4)19)8-13(9)6-5-10(2)18/h8-9,14-16H,3,5-7H2,1-2,4H3/t9-,14+,15+,16+/m0/s1. The maximum absolute atomic E-state index is 11.8. The summed E-state index contributed by atoms with van der Waals surface area (Å²) < 4.78 is 10.8. The third-order valence-electron chi connectivity index (χ3n) is 4.34. The van der Waals surface area contributed by atoms with Gasteiger partial charge in [0.15, 0.2) is 0 Å². The van der Waals surface area contributed by atoms with E-state index in [1.54, 1.807) is 6.92 Å². The average Bonchev–Trinajstić information content (AvgIpc) is 2.60. The molecule has 4 atom stereocenters. The quantitative estimate of drug-likeness (QED) is 0.453. The van der Waals surface area contributed by atoms with Gasteiger partial charge in [0.1, 0.15) is 18.0 Å². The van der Waals surface area contributed by atoms with Crippen molar-refractivity contribution in [2.75, 3.05) is 0 Å². The molecule has 0 N–H and O–H groups in total. The molecule has 120 valence electrons. The van der Waals surface area contributed by atoms with E-state index in [4.69, 9.17) is 9.47 Å². The molecule has 0 bridgehead atoms. The molecular formula is C17H22O5. The van der Waals surface area contributed by atoms with Gasteiger partial charge in [0.05, 0.1) is 5.92 Å². The zero-order valence-corrected chi connectivity index (χ0v) is 13.3. The van der Waals surface area contributed by atoms with Crippen molar-refractivity contribution in [3.8, 4) is 0 Å². The molecule has 1 saturated heterocycles. The van der Waals surface area contributed by atoms with Crippen LogP contribution in [-0.2, 0) is 23.9 Å². The Morgan fingerprint density at radius 1 is 1.41 bits per heavy atom. The van der Waals surface area contributed by atoms with E-state index < -0.39 is 18.0 Å². The second kappa shape index (κ2) is 6.46. The fourth-order valence-electron chi connectivity index (χ4n) is 3.18. The largest absolute Gasteiger partial charge is 0.458 e. The summed E-state index contributed by atoms with van der Waals surface area (Å²) in [4.78, 5) is 34.4. The van der Waals surface area contributed by atoms with Crippen molar-refractivity contribution in [3.05, 3.63) is 23.8 Å². The highest BCUT2D eigenvalue weighted by Gasteiger charge is 2.46. The summed E-state index contributed by atoms with van der Waals surface area (Å²) in [6.45, 7) is 8.73. The van der Waals surface area contributed by atoms with Crippen molar-refractivity contribution in [1.82, 2.24) is 0 Å². The maximum atomic E-state index is 11.8. The van der Waals surface area contributed by atoms with E-state index in [1.165, 1.54) is 6.92 Å². The minimum absolute atomic E-state index is 0.123. The van der Waals surface area contributed by atoms with Crippen molar-refractivity contribution in [3.63, 3.8) is 0 Å². The van der Waals surface area contributed by atoms with Crippen LogP contribution in [0.3, 0.4) is 0 Å².